The summed E-state index contributed by atoms with van der Waals surface area (Å²) >= 11 is 0. The third-order valence-electron chi connectivity index (χ3n) is 4.06. The van der Waals surface area contributed by atoms with Crippen LogP contribution in [0.15, 0.2) is 24.3 Å². The standard InChI is InChI=1S/C16H24O2/c1-12-4-3-5-15(10-12)16(17)14-8-6-13(7-9-14)11-18-2/h6-9,12,15-17H,3-5,10-11H2,1-2H3. The minimum Gasteiger partial charge on any atom is -0.388 e. The molecule has 0 saturated heterocycles. The van der Waals surface area contributed by atoms with Crippen LogP contribution in [-0.2, 0) is 11.3 Å². The van der Waals surface area contributed by atoms with Gasteiger partial charge in [-0.2, -0.15) is 0 Å². The van der Waals surface area contributed by atoms with Gasteiger partial charge < -0.3 is 9.84 Å². The van der Waals surface area contributed by atoms with Gasteiger partial charge in [0.2, 0.25) is 0 Å². The summed E-state index contributed by atoms with van der Waals surface area (Å²) in [5.41, 5.74) is 2.21. The van der Waals surface area contributed by atoms with E-state index in [2.05, 4.69) is 6.92 Å². The second-order valence-electron chi connectivity index (χ2n) is 5.65. The normalized spacial score (nSPS) is 25.9. The fraction of sp³-hybridized carbons (Fsp3) is 0.625. The molecule has 18 heavy (non-hydrogen) atoms. The first-order chi connectivity index (χ1) is 8.70. The lowest BCUT2D eigenvalue weighted by Gasteiger charge is -2.30. The third-order valence-corrected chi connectivity index (χ3v) is 4.06. The first-order valence-corrected chi connectivity index (χ1v) is 6.96. The molecule has 1 aromatic rings. The molecule has 0 aromatic heterocycles. The Labute approximate surface area is 110 Å². The van der Waals surface area contributed by atoms with Crippen molar-refractivity contribution >= 4 is 0 Å². The molecular formula is C16H24O2. The number of aliphatic hydroxyl groups is 1. The van der Waals surface area contributed by atoms with Crippen LogP contribution in [0.2, 0.25) is 0 Å². The van der Waals surface area contributed by atoms with E-state index in [9.17, 15) is 5.11 Å². The Morgan fingerprint density at radius 3 is 2.61 bits per heavy atom. The van der Waals surface area contributed by atoms with Gasteiger partial charge in [0, 0.05) is 7.11 Å². The molecule has 0 aliphatic heterocycles. The van der Waals surface area contributed by atoms with Crippen LogP contribution in [0.25, 0.3) is 0 Å². The number of hydrogen-bond acceptors (Lipinski definition) is 2. The fourth-order valence-corrected chi connectivity index (χ4v) is 3.02. The zero-order chi connectivity index (χ0) is 13.0. The zero-order valence-electron chi connectivity index (χ0n) is 11.4. The van der Waals surface area contributed by atoms with E-state index in [-0.39, 0.29) is 6.10 Å². The van der Waals surface area contributed by atoms with E-state index in [0.29, 0.717) is 12.5 Å². The van der Waals surface area contributed by atoms with Gasteiger partial charge in [0.25, 0.3) is 0 Å². The van der Waals surface area contributed by atoms with Crippen molar-refractivity contribution in [2.24, 2.45) is 11.8 Å². The van der Waals surface area contributed by atoms with Gasteiger partial charge in [-0.25, -0.2) is 0 Å². The van der Waals surface area contributed by atoms with E-state index in [4.69, 9.17) is 4.74 Å². The van der Waals surface area contributed by atoms with Crippen molar-refractivity contribution < 1.29 is 9.84 Å². The van der Waals surface area contributed by atoms with Crippen LogP contribution < -0.4 is 0 Å². The third kappa shape index (κ3) is 3.33. The summed E-state index contributed by atoms with van der Waals surface area (Å²) in [5.74, 6) is 1.19. The summed E-state index contributed by atoms with van der Waals surface area (Å²) in [5, 5.41) is 10.5. The van der Waals surface area contributed by atoms with Crippen LogP contribution in [0, 0.1) is 11.8 Å². The van der Waals surface area contributed by atoms with Gasteiger partial charge >= 0.3 is 0 Å². The van der Waals surface area contributed by atoms with Gasteiger partial charge in [-0.3, -0.25) is 0 Å². The molecule has 1 aromatic carbocycles. The Bertz CT molecular complexity index is 358. The number of benzene rings is 1. The molecule has 2 heteroatoms. The quantitative estimate of drug-likeness (QED) is 0.880. The number of ether oxygens (including phenoxy) is 1. The number of aliphatic hydroxyl groups excluding tert-OH is 1. The molecule has 0 heterocycles. The Balaban J connectivity index is 2.01. The van der Waals surface area contributed by atoms with Crippen LogP contribution in [0.1, 0.15) is 49.8 Å². The summed E-state index contributed by atoms with van der Waals surface area (Å²) in [6.07, 6.45) is 4.58. The molecule has 1 aliphatic carbocycles. The summed E-state index contributed by atoms with van der Waals surface area (Å²) in [6, 6.07) is 8.18. The Hall–Kier alpha value is -0.860. The molecule has 3 unspecified atom stereocenters. The molecule has 0 amide bonds. The lowest BCUT2D eigenvalue weighted by Crippen LogP contribution is -2.20. The highest BCUT2D eigenvalue weighted by molar-refractivity contribution is 5.24. The average Bonchev–Trinajstić information content (AvgIpc) is 2.39. The van der Waals surface area contributed by atoms with E-state index < -0.39 is 0 Å². The predicted octanol–water partition coefficient (Wildman–Crippen LogP) is 3.69. The highest BCUT2D eigenvalue weighted by Crippen LogP contribution is 2.36. The second kappa shape index (κ2) is 6.35. The highest BCUT2D eigenvalue weighted by Gasteiger charge is 2.26. The van der Waals surface area contributed by atoms with Crippen LogP contribution >= 0.6 is 0 Å². The number of hydrogen-bond donors (Lipinski definition) is 1. The maximum absolute atomic E-state index is 10.5. The van der Waals surface area contributed by atoms with Crippen molar-refractivity contribution in [3.8, 4) is 0 Å². The highest BCUT2D eigenvalue weighted by atomic mass is 16.5. The van der Waals surface area contributed by atoms with Crippen molar-refractivity contribution in [2.45, 2.75) is 45.3 Å². The monoisotopic (exact) mass is 248 g/mol. The lowest BCUT2D eigenvalue weighted by atomic mass is 9.78. The van der Waals surface area contributed by atoms with Crippen molar-refractivity contribution in [1.82, 2.24) is 0 Å². The minimum atomic E-state index is -0.302. The lowest BCUT2D eigenvalue weighted by molar-refractivity contribution is 0.0713. The molecule has 1 saturated carbocycles. The maximum Gasteiger partial charge on any atom is 0.0818 e. The van der Waals surface area contributed by atoms with Crippen molar-refractivity contribution in [3.63, 3.8) is 0 Å². The SMILES string of the molecule is COCc1ccc(C(O)C2CCCC(C)C2)cc1. The van der Waals surface area contributed by atoms with Gasteiger partial charge in [-0.05, 0) is 35.8 Å². The molecule has 0 bridgehead atoms. The first kappa shape index (κ1) is 13.6. The van der Waals surface area contributed by atoms with E-state index in [1.165, 1.54) is 12.8 Å². The van der Waals surface area contributed by atoms with Crippen LogP contribution in [0.3, 0.4) is 0 Å². The summed E-state index contributed by atoms with van der Waals surface area (Å²) < 4.78 is 5.10. The molecule has 0 radical (unpaired) electrons. The molecule has 1 fully saturated rings. The van der Waals surface area contributed by atoms with Gasteiger partial charge in [0.15, 0.2) is 0 Å². The van der Waals surface area contributed by atoms with Crippen LogP contribution in [0.5, 0.6) is 0 Å². The Morgan fingerprint density at radius 1 is 1.28 bits per heavy atom. The smallest absolute Gasteiger partial charge is 0.0818 e. The van der Waals surface area contributed by atoms with Crippen molar-refractivity contribution in [1.29, 1.82) is 0 Å². The van der Waals surface area contributed by atoms with Crippen LogP contribution in [0.4, 0.5) is 0 Å². The largest absolute Gasteiger partial charge is 0.388 e. The maximum atomic E-state index is 10.5. The number of methoxy groups -OCH3 is 1. The van der Waals surface area contributed by atoms with Gasteiger partial charge in [-0.1, -0.05) is 44.0 Å². The molecule has 100 valence electrons. The first-order valence-electron chi connectivity index (χ1n) is 6.96. The van der Waals surface area contributed by atoms with E-state index in [0.717, 1.165) is 29.9 Å². The van der Waals surface area contributed by atoms with Gasteiger partial charge in [-0.15, -0.1) is 0 Å². The van der Waals surface area contributed by atoms with Gasteiger partial charge in [0.05, 0.1) is 12.7 Å². The van der Waals surface area contributed by atoms with E-state index >= 15 is 0 Å². The van der Waals surface area contributed by atoms with Gasteiger partial charge in [0.1, 0.15) is 0 Å². The molecular weight excluding hydrogens is 224 g/mol. The molecule has 1 N–H and O–H groups in total. The molecule has 3 atom stereocenters. The van der Waals surface area contributed by atoms with E-state index in [1.807, 2.05) is 24.3 Å². The molecule has 1 aliphatic rings. The van der Waals surface area contributed by atoms with Crippen molar-refractivity contribution in [2.75, 3.05) is 7.11 Å². The predicted molar refractivity (Wildman–Crippen MR) is 73.2 cm³/mol. The van der Waals surface area contributed by atoms with Crippen LogP contribution in [-0.4, -0.2) is 12.2 Å². The van der Waals surface area contributed by atoms with E-state index in [1.54, 1.807) is 7.11 Å². The summed E-state index contributed by atoms with van der Waals surface area (Å²) in [6.45, 7) is 2.93. The molecule has 2 rings (SSSR count). The average molecular weight is 248 g/mol. The zero-order valence-corrected chi connectivity index (χ0v) is 11.4. The molecule has 0 spiro atoms. The topological polar surface area (TPSA) is 29.5 Å². The number of rotatable bonds is 4. The van der Waals surface area contributed by atoms with Crippen molar-refractivity contribution in [3.05, 3.63) is 35.4 Å². The summed E-state index contributed by atoms with van der Waals surface area (Å²) in [7, 11) is 1.70. The Morgan fingerprint density at radius 2 is 2.00 bits per heavy atom. The fourth-order valence-electron chi connectivity index (χ4n) is 3.02. The Kier molecular flexibility index (Phi) is 4.79. The second-order valence-corrected chi connectivity index (χ2v) is 5.65. The summed E-state index contributed by atoms with van der Waals surface area (Å²) in [4.78, 5) is 0. The minimum absolute atomic E-state index is 0.302. The molecule has 2 nitrogen and oxygen atoms in total.